The Hall–Kier alpha value is -2.22. The van der Waals surface area contributed by atoms with Crippen molar-refractivity contribution in [3.8, 4) is 0 Å². The van der Waals surface area contributed by atoms with E-state index in [1.54, 1.807) is 6.20 Å². The van der Waals surface area contributed by atoms with Crippen molar-refractivity contribution in [3.05, 3.63) is 18.1 Å². The Kier molecular flexibility index (Phi) is 4.76. The van der Waals surface area contributed by atoms with Crippen LogP contribution in [0, 0.1) is 17.8 Å². The van der Waals surface area contributed by atoms with Crippen LogP contribution in [0.5, 0.6) is 0 Å². The van der Waals surface area contributed by atoms with E-state index < -0.39 is 5.91 Å². The number of hydrogen-bond acceptors (Lipinski definition) is 6. The van der Waals surface area contributed by atoms with E-state index in [4.69, 9.17) is 10.5 Å². The number of ether oxygens (including phenoxy) is 1. The minimum absolute atomic E-state index is 0.0515. The van der Waals surface area contributed by atoms with Gasteiger partial charge in [-0.2, -0.15) is 0 Å². The van der Waals surface area contributed by atoms with Gasteiger partial charge < -0.3 is 20.7 Å². The minimum Gasteiger partial charge on any atom is -0.381 e. The average Bonchev–Trinajstić information content (AvgIpc) is 3.43. The molecule has 0 radical (unpaired) electrons. The summed E-state index contributed by atoms with van der Waals surface area (Å²) in [5.41, 5.74) is 5.48. The predicted octanol–water partition coefficient (Wildman–Crippen LogP) is 0.333. The van der Waals surface area contributed by atoms with E-state index in [9.17, 15) is 9.59 Å². The molecule has 8 nitrogen and oxygen atoms in total. The first-order chi connectivity index (χ1) is 12.6. The molecule has 0 spiro atoms. The summed E-state index contributed by atoms with van der Waals surface area (Å²) in [7, 11) is 0. The molecule has 3 heterocycles. The fourth-order valence-corrected chi connectivity index (χ4v) is 4.06. The lowest BCUT2D eigenvalue weighted by molar-refractivity contribution is -0.128. The van der Waals surface area contributed by atoms with E-state index in [0.29, 0.717) is 37.4 Å². The Balaban J connectivity index is 1.46. The standard InChI is InChI=1S/C18H25N5O3/c19-17(24)14-7-20-8-16(21-14)23-9-13(11-1-2-11)15(10-23)22-18(25)12-3-5-26-6-4-12/h7-8,11-13,15H,1-6,9-10H2,(H2,19,24)(H,22,25)/t13-,15+/m0/s1. The third-order valence-electron chi connectivity index (χ3n) is 5.71. The number of anilines is 1. The molecule has 1 aliphatic carbocycles. The Morgan fingerprint density at radius 2 is 1.92 bits per heavy atom. The van der Waals surface area contributed by atoms with E-state index >= 15 is 0 Å². The molecule has 4 rings (SSSR count). The van der Waals surface area contributed by atoms with Crippen LogP contribution in [-0.4, -0.2) is 54.1 Å². The number of nitrogens with two attached hydrogens (primary N) is 1. The molecule has 1 aromatic rings. The van der Waals surface area contributed by atoms with Gasteiger partial charge in [-0.15, -0.1) is 0 Å². The molecule has 3 N–H and O–H groups in total. The summed E-state index contributed by atoms with van der Waals surface area (Å²) in [6.07, 6.45) is 7.05. The maximum Gasteiger partial charge on any atom is 0.268 e. The van der Waals surface area contributed by atoms with Gasteiger partial charge in [-0.05, 0) is 31.6 Å². The molecular formula is C18H25N5O3. The average molecular weight is 359 g/mol. The zero-order chi connectivity index (χ0) is 18.1. The van der Waals surface area contributed by atoms with Gasteiger partial charge in [-0.25, -0.2) is 4.98 Å². The van der Waals surface area contributed by atoms with Gasteiger partial charge in [0.05, 0.1) is 18.4 Å². The normalized spacial score (nSPS) is 26.7. The predicted molar refractivity (Wildman–Crippen MR) is 94.5 cm³/mol. The fourth-order valence-electron chi connectivity index (χ4n) is 4.06. The van der Waals surface area contributed by atoms with Gasteiger partial charge in [0.2, 0.25) is 5.91 Å². The van der Waals surface area contributed by atoms with Crippen molar-refractivity contribution in [1.29, 1.82) is 0 Å². The first-order valence-corrected chi connectivity index (χ1v) is 9.36. The second-order valence-electron chi connectivity index (χ2n) is 7.53. The third kappa shape index (κ3) is 3.65. The molecular weight excluding hydrogens is 334 g/mol. The van der Waals surface area contributed by atoms with Gasteiger partial charge in [0.15, 0.2) is 0 Å². The molecule has 2 saturated heterocycles. The van der Waals surface area contributed by atoms with Gasteiger partial charge >= 0.3 is 0 Å². The van der Waals surface area contributed by atoms with Crippen molar-refractivity contribution in [2.24, 2.45) is 23.5 Å². The topological polar surface area (TPSA) is 110 Å². The summed E-state index contributed by atoms with van der Waals surface area (Å²) in [5, 5.41) is 3.28. The second-order valence-corrected chi connectivity index (χ2v) is 7.53. The molecule has 2 aliphatic heterocycles. The van der Waals surface area contributed by atoms with Crippen LogP contribution in [0.2, 0.25) is 0 Å². The van der Waals surface area contributed by atoms with Crippen LogP contribution in [-0.2, 0) is 9.53 Å². The highest BCUT2D eigenvalue weighted by atomic mass is 16.5. The fraction of sp³-hybridized carbons (Fsp3) is 0.667. The number of nitrogens with one attached hydrogen (secondary N) is 1. The lowest BCUT2D eigenvalue weighted by atomic mass is 9.95. The highest BCUT2D eigenvalue weighted by molar-refractivity contribution is 5.90. The molecule has 2 amide bonds. The van der Waals surface area contributed by atoms with Crippen LogP contribution < -0.4 is 16.0 Å². The molecule has 140 valence electrons. The number of carbonyl (C=O) groups is 2. The summed E-state index contributed by atoms with van der Waals surface area (Å²) < 4.78 is 5.35. The van der Waals surface area contributed by atoms with E-state index in [1.807, 2.05) is 0 Å². The highest BCUT2D eigenvalue weighted by Gasteiger charge is 2.44. The molecule has 0 aromatic carbocycles. The van der Waals surface area contributed by atoms with E-state index in [2.05, 4.69) is 20.2 Å². The van der Waals surface area contributed by atoms with E-state index in [1.165, 1.54) is 19.0 Å². The van der Waals surface area contributed by atoms with Crippen molar-refractivity contribution in [2.75, 3.05) is 31.2 Å². The quantitative estimate of drug-likeness (QED) is 0.784. The van der Waals surface area contributed by atoms with Gasteiger partial charge in [0.25, 0.3) is 5.91 Å². The summed E-state index contributed by atoms with van der Waals surface area (Å²) in [4.78, 5) is 34.6. The Labute approximate surface area is 152 Å². The zero-order valence-corrected chi connectivity index (χ0v) is 14.8. The number of carbonyl (C=O) groups excluding carboxylic acids is 2. The first-order valence-electron chi connectivity index (χ1n) is 9.36. The summed E-state index contributed by atoms with van der Waals surface area (Å²) in [6.45, 7) is 2.83. The van der Waals surface area contributed by atoms with E-state index in [0.717, 1.165) is 19.4 Å². The van der Waals surface area contributed by atoms with Crippen LogP contribution >= 0.6 is 0 Å². The molecule has 0 bridgehead atoms. The highest BCUT2D eigenvalue weighted by Crippen LogP contribution is 2.42. The van der Waals surface area contributed by atoms with Gasteiger partial charge in [0.1, 0.15) is 11.5 Å². The Morgan fingerprint density at radius 3 is 2.62 bits per heavy atom. The number of primary amides is 1. The lowest BCUT2D eigenvalue weighted by Crippen LogP contribution is -2.45. The molecule has 26 heavy (non-hydrogen) atoms. The lowest BCUT2D eigenvalue weighted by Gasteiger charge is -2.25. The Morgan fingerprint density at radius 1 is 1.15 bits per heavy atom. The molecule has 1 aromatic heterocycles. The number of rotatable bonds is 5. The largest absolute Gasteiger partial charge is 0.381 e. The molecule has 3 fully saturated rings. The summed E-state index contributed by atoms with van der Waals surface area (Å²) >= 11 is 0. The van der Waals surface area contributed by atoms with Crippen molar-refractivity contribution in [2.45, 2.75) is 31.7 Å². The van der Waals surface area contributed by atoms with Gasteiger partial charge in [-0.1, -0.05) is 0 Å². The molecule has 2 atom stereocenters. The third-order valence-corrected chi connectivity index (χ3v) is 5.71. The molecule has 1 saturated carbocycles. The van der Waals surface area contributed by atoms with Crippen LogP contribution in [0.15, 0.2) is 12.4 Å². The maximum atomic E-state index is 12.7. The second kappa shape index (κ2) is 7.19. The van der Waals surface area contributed by atoms with Crippen molar-refractivity contribution >= 4 is 17.6 Å². The maximum absolute atomic E-state index is 12.7. The minimum atomic E-state index is -0.582. The first kappa shape index (κ1) is 17.2. The van der Waals surface area contributed by atoms with Crippen LogP contribution in [0.25, 0.3) is 0 Å². The Bertz CT molecular complexity index is 687. The number of nitrogens with zero attached hydrogens (tertiary/aromatic N) is 3. The summed E-state index contributed by atoms with van der Waals surface area (Å²) in [6, 6.07) is 0.108. The zero-order valence-electron chi connectivity index (χ0n) is 14.8. The van der Waals surface area contributed by atoms with Crippen LogP contribution in [0.4, 0.5) is 5.82 Å². The van der Waals surface area contributed by atoms with Crippen LogP contribution in [0.3, 0.4) is 0 Å². The number of aromatic nitrogens is 2. The number of amides is 2. The molecule has 3 aliphatic rings. The van der Waals surface area contributed by atoms with Crippen molar-refractivity contribution in [1.82, 2.24) is 15.3 Å². The smallest absolute Gasteiger partial charge is 0.268 e. The molecule has 8 heteroatoms. The van der Waals surface area contributed by atoms with Gasteiger partial charge in [0, 0.05) is 38.1 Å². The van der Waals surface area contributed by atoms with Gasteiger partial charge in [-0.3, -0.25) is 14.6 Å². The number of hydrogen-bond donors (Lipinski definition) is 2. The summed E-state index contributed by atoms with van der Waals surface area (Å²) in [5.74, 6) is 1.33. The van der Waals surface area contributed by atoms with Crippen molar-refractivity contribution < 1.29 is 14.3 Å². The monoisotopic (exact) mass is 359 g/mol. The SMILES string of the molecule is NC(=O)c1cncc(N2C[C@@H](NC(=O)C3CCOCC3)[C@H](C3CC3)C2)n1. The van der Waals surface area contributed by atoms with Crippen LogP contribution in [0.1, 0.15) is 36.2 Å². The van der Waals surface area contributed by atoms with E-state index in [-0.39, 0.29) is 23.6 Å². The van der Waals surface area contributed by atoms with Crippen molar-refractivity contribution in [3.63, 3.8) is 0 Å². The molecule has 0 unspecified atom stereocenters.